The van der Waals surface area contributed by atoms with Gasteiger partial charge in [0.25, 0.3) is 11.8 Å². The number of imide groups is 1. The Labute approximate surface area is 149 Å². The number of pyridine rings is 1. The van der Waals surface area contributed by atoms with Gasteiger partial charge in [-0.2, -0.15) is 0 Å². The fourth-order valence-corrected chi connectivity index (χ4v) is 3.33. The molecule has 1 aliphatic heterocycles. The molecule has 3 aromatic rings. The van der Waals surface area contributed by atoms with Crippen molar-refractivity contribution in [3.8, 4) is 0 Å². The summed E-state index contributed by atoms with van der Waals surface area (Å²) in [5.41, 5.74) is 2.48. The van der Waals surface area contributed by atoms with Gasteiger partial charge < -0.3 is 4.98 Å². The van der Waals surface area contributed by atoms with Crippen LogP contribution in [-0.4, -0.2) is 38.2 Å². The van der Waals surface area contributed by atoms with E-state index in [4.69, 9.17) is 0 Å². The number of hydrogen-bond donors (Lipinski definition) is 1. The van der Waals surface area contributed by atoms with Crippen LogP contribution in [0.3, 0.4) is 0 Å². The molecule has 132 valence electrons. The molecule has 4 rings (SSSR count). The maximum absolute atomic E-state index is 13.8. The van der Waals surface area contributed by atoms with Gasteiger partial charge >= 0.3 is 0 Å². The minimum absolute atomic E-state index is 0.0393. The second-order valence-corrected chi connectivity index (χ2v) is 6.65. The normalized spacial score (nSPS) is 13.9. The van der Waals surface area contributed by atoms with Crippen LogP contribution in [0.2, 0.25) is 0 Å². The number of fused-ring (bicyclic) bond motifs is 3. The van der Waals surface area contributed by atoms with E-state index in [1.807, 2.05) is 13.8 Å². The SMILES string of the molecule is CC(C)c1nc2ccc(F)cc2c2c1C(=O)N(CCc1cnc[nH]1)C2=O. The summed E-state index contributed by atoms with van der Waals surface area (Å²) in [5, 5.41) is 0.381. The zero-order chi connectivity index (χ0) is 18.4. The highest BCUT2D eigenvalue weighted by atomic mass is 19.1. The van der Waals surface area contributed by atoms with Crippen LogP contribution in [0.15, 0.2) is 30.7 Å². The fraction of sp³-hybridized carbons (Fsp3) is 0.263. The van der Waals surface area contributed by atoms with Gasteiger partial charge in [0.1, 0.15) is 5.82 Å². The lowest BCUT2D eigenvalue weighted by Gasteiger charge is -2.13. The summed E-state index contributed by atoms with van der Waals surface area (Å²) in [6, 6.07) is 4.12. The molecule has 0 unspecified atom stereocenters. The van der Waals surface area contributed by atoms with Crippen molar-refractivity contribution in [2.24, 2.45) is 0 Å². The largest absolute Gasteiger partial charge is 0.348 e. The van der Waals surface area contributed by atoms with Gasteiger partial charge in [-0.3, -0.25) is 19.5 Å². The summed E-state index contributed by atoms with van der Waals surface area (Å²) >= 11 is 0. The number of benzene rings is 1. The Morgan fingerprint density at radius 1 is 1.19 bits per heavy atom. The molecule has 3 heterocycles. The van der Waals surface area contributed by atoms with Gasteiger partial charge in [0.05, 0.1) is 28.7 Å². The Morgan fingerprint density at radius 2 is 1.96 bits per heavy atom. The van der Waals surface area contributed by atoms with Crippen LogP contribution in [0, 0.1) is 5.82 Å². The molecule has 1 aliphatic rings. The van der Waals surface area contributed by atoms with Crippen molar-refractivity contribution in [1.29, 1.82) is 0 Å². The maximum Gasteiger partial charge on any atom is 0.263 e. The number of H-pyrrole nitrogens is 1. The predicted octanol–water partition coefficient (Wildman–Crippen LogP) is 3.06. The van der Waals surface area contributed by atoms with Crippen LogP contribution in [0.25, 0.3) is 10.9 Å². The summed E-state index contributed by atoms with van der Waals surface area (Å²) in [7, 11) is 0. The molecular formula is C19H17FN4O2. The van der Waals surface area contributed by atoms with E-state index in [0.29, 0.717) is 28.6 Å². The van der Waals surface area contributed by atoms with Gasteiger partial charge in [0.15, 0.2) is 0 Å². The third-order valence-electron chi connectivity index (χ3n) is 4.60. The van der Waals surface area contributed by atoms with Gasteiger partial charge in [0.2, 0.25) is 0 Å². The maximum atomic E-state index is 13.8. The molecule has 0 saturated heterocycles. The smallest absolute Gasteiger partial charge is 0.263 e. The molecule has 1 aromatic carbocycles. The highest BCUT2D eigenvalue weighted by Crippen LogP contribution is 2.34. The lowest BCUT2D eigenvalue weighted by Crippen LogP contribution is -2.32. The first-order chi connectivity index (χ1) is 12.5. The zero-order valence-corrected chi connectivity index (χ0v) is 14.4. The summed E-state index contributed by atoms with van der Waals surface area (Å²) in [5.74, 6) is -1.27. The number of aromatic amines is 1. The predicted molar refractivity (Wildman–Crippen MR) is 93.4 cm³/mol. The molecule has 0 fully saturated rings. The fourth-order valence-electron chi connectivity index (χ4n) is 3.33. The Kier molecular flexibility index (Phi) is 3.79. The molecular weight excluding hydrogens is 335 g/mol. The number of carbonyl (C=O) groups excluding carboxylic acids is 2. The van der Waals surface area contributed by atoms with E-state index >= 15 is 0 Å². The molecule has 2 aromatic heterocycles. The van der Waals surface area contributed by atoms with E-state index in [2.05, 4.69) is 15.0 Å². The summed E-state index contributed by atoms with van der Waals surface area (Å²) in [6.07, 6.45) is 3.68. The van der Waals surface area contributed by atoms with Crippen molar-refractivity contribution in [2.45, 2.75) is 26.2 Å². The van der Waals surface area contributed by atoms with Crippen molar-refractivity contribution in [3.05, 3.63) is 59.1 Å². The number of hydrogen-bond acceptors (Lipinski definition) is 4. The van der Waals surface area contributed by atoms with Crippen molar-refractivity contribution in [3.63, 3.8) is 0 Å². The van der Waals surface area contributed by atoms with Gasteiger partial charge in [-0.05, 0) is 24.1 Å². The quantitative estimate of drug-likeness (QED) is 0.732. The van der Waals surface area contributed by atoms with Crippen LogP contribution in [0.4, 0.5) is 4.39 Å². The van der Waals surface area contributed by atoms with E-state index in [1.54, 1.807) is 18.6 Å². The molecule has 0 radical (unpaired) electrons. The standard InChI is InChI=1S/C19H17FN4O2/c1-10(2)17-16-15(13-7-11(20)3-4-14(13)23-17)18(25)24(19(16)26)6-5-12-8-21-9-22-12/h3-4,7-10H,5-6H2,1-2H3,(H,21,22). The van der Waals surface area contributed by atoms with Gasteiger partial charge in [-0.1, -0.05) is 13.8 Å². The van der Waals surface area contributed by atoms with Crippen molar-refractivity contribution >= 4 is 22.7 Å². The highest BCUT2D eigenvalue weighted by Gasteiger charge is 2.40. The molecule has 0 spiro atoms. The summed E-state index contributed by atoms with van der Waals surface area (Å²) in [4.78, 5) is 38.6. The first kappa shape index (κ1) is 16.4. The van der Waals surface area contributed by atoms with Gasteiger partial charge in [0, 0.05) is 30.2 Å². The molecule has 1 N–H and O–H groups in total. The minimum atomic E-state index is -0.463. The molecule has 2 amide bonds. The number of nitrogens with zero attached hydrogens (tertiary/aromatic N) is 3. The molecule has 26 heavy (non-hydrogen) atoms. The summed E-state index contributed by atoms with van der Waals surface area (Å²) < 4.78 is 13.8. The van der Waals surface area contributed by atoms with Crippen molar-refractivity contribution in [2.75, 3.05) is 6.54 Å². The van der Waals surface area contributed by atoms with Crippen LogP contribution in [-0.2, 0) is 6.42 Å². The number of halogens is 1. The summed E-state index contributed by atoms with van der Waals surface area (Å²) in [6.45, 7) is 4.06. The third kappa shape index (κ3) is 2.47. The number of nitrogens with one attached hydrogen (secondary N) is 1. The highest BCUT2D eigenvalue weighted by molar-refractivity contribution is 6.26. The van der Waals surface area contributed by atoms with E-state index in [-0.39, 0.29) is 23.9 Å². The average Bonchev–Trinajstić information content (AvgIpc) is 3.20. The minimum Gasteiger partial charge on any atom is -0.348 e. The Bertz CT molecular complexity index is 1030. The molecule has 0 saturated carbocycles. The Morgan fingerprint density at radius 3 is 2.65 bits per heavy atom. The first-order valence-corrected chi connectivity index (χ1v) is 8.44. The lowest BCUT2D eigenvalue weighted by molar-refractivity contribution is 0.0656. The monoisotopic (exact) mass is 352 g/mol. The number of amides is 2. The number of rotatable bonds is 4. The number of carbonyl (C=O) groups is 2. The average molecular weight is 352 g/mol. The first-order valence-electron chi connectivity index (χ1n) is 8.44. The molecule has 7 heteroatoms. The van der Waals surface area contributed by atoms with E-state index < -0.39 is 11.7 Å². The van der Waals surface area contributed by atoms with Crippen LogP contribution < -0.4 is 0 Å². The molecule has 6 nitrogen and oxygen atoms in total. The zero-order valence-electron chi connectivity index (χ0n) is 14.4. The van der Waals surface area contributed by atoms with Crippen molar-refractivity contribution in [1.82, 2.24) is 19.9 Å². The van der Waals surface area contributed by atoms with E-state index in [9.17, 15) is 14.0 Å². The van der Waals surface area contributed by atoms with Crippen molar-refractivity contribution < 1.29 is 14.0 Å². The number of aromatic nitrogens is 3. The Hall–Kier alpha value is -3.09. The van der Waals surface area contributed by atoms with Crippen LogP contribution in [0.5, 0.6) is 0 Å². The Balaban J connectivity index is 1.83. The molecule has 0 atom stereocenters. The molecule has 0 bridgehead atoms. The third-order valence-corrected chi connectivity index (χ3v) is 4.60. The molecule has 0 aliphatic carbocycles. The van der Waals surface area contributed by atoms with Gasteiger partial charge in [-0.15, -0.1) is 0 Å². The number of imidazole rings is 1. The second kappa shape index (κ2) is 6.01. The van der Waals surface area contributed by atoms with Crippen LogP contribution in [0.1, 0.15) is 51.9 Å². The van der Waals surface area contributed by atoms with Gasteiger partial charge in [-0.25, -0.2) is 9.37 Å². The lowest BCUT2D eigenvalue weighted by atomic mass is 9.97. The second-order valence-electron chi connectivity index (χ2n) is 6.65. The van der Waals surface area contributed by atoms with E-state index in [1.165, 1.54) is 17.0 Å². The topological polar surface area (TPSA) is 79.0 Å². The van der Waals surface area contributed by atoms with Crippen LogP contribution >= 0.6 is 0 Å². The van der Waals surface area contributed by atoms with E-state index in [0.717, 1.165) is 5.69 Å².